The number of halogens is 1. The third-order valence-corrected chi connectivity index (χ3v) is 4.38. The topological polar surface area (TPSA) is 55.9 Å². The van der Waals surface area contributed by atoms with E-state index in [2.05, 4.69) is 54.1 Å². The normalized spacial score (nSPS) is 10.7. The van der Waals surface area contributed by atoms with Crippen LogP contribution in [0.2, 0.25) is 0 Å². The van der Waals surface area contributed by atoms with Crippen molar-refractivity contribution in [1.29, 1.82) is 0 Å². The van der Waals surface area contributed by atoms with E-state index in [4.69, 9.17) is 11.5 Å². The number of nitrogen functional groups attached to an aromatic ring is 2. The predicted octanol–water partition coefficient (Wildman–Crippen LogP) is 0.653. The van der Waals surface area contributed by atoms with Crippen molar-refractivity contribution in [2.24, 2.45) is 7.05 Å². The van der Waals surface area contributed by atoms with Crippen molar-refractivity contribution in [2.75, 3.05) is 11.5 Å². The van der Waals surface area contributed by atoms with E-state index in [0.29, 0.717) is 0 Å². The standard InChI is InChI=1S/C20H17N3.BrH/c1-23-19-12-15(22)10-11-17(19)16-4-2-3-5-18(16)20(23)13-6-8-14(21)9-7-13;/h2-12H,1H3,(H3,21,22);1H. The van der Waals surface area contributed by atoms with Crippen LogP contribution in [0.4, 0.5) is 11.4 Å². The van der Waals surface area contributed by atoms with Crippen molar-refractivity contribution < 1.29 is 21.5 Å². The third-order valence-electron chi connectivity index (χ3n) is 4.38. The smallest absolute Gasteiger partial charge is 0.220 e. The van der Waals surface area contributed by atoms with Crippen LogP contribution in [0.25, 0.3) is 32.9 Å². The van der Waals surface area contributed by atoms with Gasteiger partial charge in [0.15, 0.2) is 0 Å². The molecule has 1 heterocycles. The number of hydrogen-bond donors (Lipinski definition) is 2. The molecule has 4 heteroatoms. The molecule has 0 unspecified atom stereocenters. The molecule has 0 aliphatic rings. The van der Waals surface area contributed by atoms with Gasteiger partial charge in [-0.05, 0) is 42.5 Å². The van der Waals surface area contributed by atoms with Gasteiger partial charge < -0.3 is 28.4 Å². The Bertz CT molecular complexity index is 1040. The molecule has 0 radical (unpaired) electrons. The lowest BCUT2D eigenvalue weighted by Gasteiger charge is -2.10. The summed E-state index contributed by atoms with van der Waals surface area (Å²) < 4.78 is 2.21. The Hall–Kier alpha value is -2.59. The Morgan fingerprint density at radius 1 is 0.708 bits per heavy atom. The molecule has 120 valence electrons. The van der Waals surface area contributed by atoms with E-state index in [0.717, 1.165) is 22.5 Å². The molecule has 0 atom stereocenters. The molecule has 0 bridgehead atoms. The molecule has 0 fully saturated rings. The lowest BCUT2D eigenvalue weighted by molar-refractivity contribution is -0.632. The highest BCUT2D eigenvalue weighted by Crippen LogP contribution is 2.31. The SMILES string of the molecule is C[n+]1c(-c2ccc(N)cc2)c2ccccc2c2ccc(N)cc21.[Br-]. The summed E-state index contributed by atoms with van der Waals surface area (Å²) in [5.74, 6) is 0. The summed E-state index contributed by atoms with van der Waals surface area (Å²) in [6.07, 6.45) is 0. The van der Waals surface area contributed by atoms with Crippen LogP contribution in [0, 0.1) is 0 Å². The second-order valence-electron chi connectivity index (χ2n) is 5.85. The van der Waals surface area contributed by atoms with Gasteiger partial charge in [-0.15, -0.1) is 0 Å². The van der Waals surface area contributed by atoms with Gasteiger partial charge in [-0.25, -0.2) is 0 Å². The molecule has 3 aromatic carbocycles. The predicted molar refractivity (Wildman–Crippen MR) is 96.9 cm³/mol. The van der Waals surface area contributed by atoms with Gasteiger partial charge in [0, 0.05) is 28.4 Å². The fourth-order valence-electron chi connectivity index (χ4n) is 3.27. The van der Waals surface area contributed by atoms with Crippen LogP contribution in [0.3, 0.4) is 0 Å². The number of anilines is 2. The molecule has 0 saturated heterocycles. The Balaban J connectivity index is 0.00000169. The van der Waals surface area contributed by atoms with Crippen LogP contribution in [0.5, 0.6) is 0 Å². The van der Waals surface area contributed by atoms with Crippen molar-refractivity contribution in [3.8, 4) is 11.3 Å². The summed E-state index contributed by atoms with van der Waals surface area (Å²) >= 11 is 0. The van der Waals surface area contributed by atoms with E-state index in [1.54, 1.807) is 0 Å². The zero-order valence-corrected chi connectivity index (χ0v) is 14.9. The molecule has 0 spiro atoms. The lowest BCUT2D eigenvalue weighted by Crippen LogP contribution is -3.00. The highest BCUT2D eigenvalue weighted by atomic mass is 79.9. The van der Waals surface area contributed by atoms with Gasteiger partial charge in [0.25, 0.3) is 0 Å². The highest BCUT2D eigenvalue weighted by Gasteiger charge is 2.20. The summed E-state index contributed by atoms with van der Waals surface area (Å²) in [7, 11) is 2.08. The van der Waals surface area contributed by atoms with Gasteiger partial charge in [0.05, 0.1) is 10.8 Å². The van der Waals surface area contributed by atoms with Crippen molar-refractivity contribution in [3.63, 3.8) is 0 Å². The first kappa shape index (κ1) is 16.3. The summed E-state index contributed by atoms with van der Waals surface area (Å²) in [6, 6.07) is 22.6. The van der Waals surface area contributed by atoms with Gasteiger partial charge in [-0.3, -0.25) is 0 Å². The maximum atomic E-state index is 6.02. The Morgan fingerprint density at radius 2 is 1.33 bits per heavy atom. The first-order chi connectivity index (χ1) is 11.1. The van der Waals surface area contributed by atoms with E-state index in [-0.39, 0.29) is 17.0 Å². The minimum absolute atomic E-state index is 0. The summed E-state index contributed by atoms with van der Waals surface area (Å²) in [5.41, 5.74) is 16.8. The number of nitrogens with two attached hydrogens (primary N) is 2. The molecule has 1 aromatic heterocycles. The first-order valence-electron chi connectivity index (χ1n) is 7.61. The van der Waals surface area contributed by atoms with Crippen LogP contribution in [-0.4, -0.2) is 0 Å². The van der Waals surface area contributed by atoms with E-state index in [1.807, 2.05) is 24.3 Å². The van der Waals surface area contributed by atoms with Gasteiger partial charge in [-0.2, -0.15) is 4.57 Å². The van der Waals surface area contributed by atoms with Crippen molar-refractivity contribution in [1.82, 2.24) is 0 Å². The molecule has 3 nitrogen and oxygen atoms in total. The summed E-state index contributed by atoms with van der Waals surface area (Å²) in [4.78, 5) is 0. The van der Waals surface area contributed by atoms with Crippen molar-refractivity contribution >= 4 is 33.1 Å². The molecule has 0 aliphatic heterocycles. The number of rotatable bonds is 1. The summed E-state index contributed by atoms with van der Waals surface area (Å²) in [5, 5.41) is 3.65. The van der Waals surface area contributed by atoms with E-state index in [1.165, 1.54) is 21.9 Å². The number of benzene rings is 3. The highest BCUT2D eigenvalue weighted by molar-refractivity contribution is 6.09. The van der Waals surface area contributed by atoms with E-state index < -0.39 is 0 Å². The van der Waals surface area contributed by atoms with Gasteiger partial charge >= 0.3 is 0 Å². The Kier molecular flexibility index (Phi) is 4.16. The number of nitrogens with zero attached hydrogens (tertiary/aromatic N) is 1. The molecule has 4 rings (SSSR count). The lowest BCUT2D eigenvalue weighted by atomic mass is 9.99. The first-order valence-corrected chi connectivity index (χ1v) is 7.61. The number of aromatic nitrogens is 1. The van der Waals surface area contributed by atoms with Crippen LogP contribution in [0.15, 0.2) is 66.7 Å². The van der Waals surface area contributed by atoms with Crippen LogP contribution < -0.4 is 33.0 Å². The van der Waals surface area contributed by atoms with Crippen molar-refractivity contribution in [3.05, 3.63) is 66.7 Å². The number of pyridine rings is 1. The van der Waals surface area contributed by atoms with Crippen molar-refractivity contribution in [2.45, 2.75) is 0 Å². The number of fused-ring (bicyclic) bond motifs is 3. The Morgan fingerprint density at radius 3 is 2.04 bits per heavy atom. The van der Waals surface area contributed by atoms with Crippen LogP contribution >= 0.6 is 0 Å². The number of hydrogen-bond acceptors (Lipinski definition) is 2. The quantitative estimate of drug-likeness (QED) is 0.290. The molecule has 24 heavy (non-hydrogen) atoms. The van der Waals surface area contributed by atoms with Gasteiger partial charge in [-0.1, -0.05) is 18.2 Å². The van der Waals surface area contributed by atoms with Crippen LogP contribution in [0.1, 0.15) is 0 Å². The summed E-state index contributed by atoms with van der Waals surface area (Å²) in [6.45, 7) is 0. The largest absolute Gasteiger partial charge is 1.00 e. The van der Waals surface area contributed by atoms with Gasteiger partial charge in [0.2, 0.25) is 11.2 Å². The minimum atomic E-state index is 0. The average molecular weight is 380 g/mol. The van der Waals surface area contributed by atoms with Gasteiger partial charge in [0.1, 0.15) is 7.05 Å². The number of aryl methyl sites for hydroxylation is 1. The fraction of sp³-hybridized carbons (Fsp3) is 0.0500. The second-order valence-corrected chi connectivity index (χ2v) is 5.85. The maximum Gasteiger partial charge on any atom is 0.220 e. The molecule has 0 aliphatic carbocycles. The monoisotopic (exact) mass is 379 g/mol. The van der Waals surface area contributed by atoms with E-state index >= 15 is 0 Å². The molecule has 4 aromatic rings. The molecule has 4 N–H and O–H groups in total. The minimum Gasteiger partial charge on any atom is -1.00 e. The van der Waals surface area contributed by atoms with Crippen LogP contribution in [-0.2, 0) is 7.05 Å². The molecule has 0 saturated carbocycles. The zero-order chi connectivity index (χ0) is 16.0. The second kappa shape index (κ2) is 6.13. The van der Waals surface area contributed by atoms with E-state index in [9.17, 15) is 0 Å². The maximum absolute atomic E-state index is 6.02. The fourth-order valence-corrected chi connectivity index (χ4v) is 3.27. The molecular weight excluding hydrogens is 362 g/mol. The molecule has 0 amide bonds. The Labute approximate surface area is 151 Å². The average Bonchev–Trinajstić information content (AvgIpc) is 2.57. The third kappa shape index (κ3) is 2.49. The molecular formula is C20H18BrN3. The zero-order valence-electron chi connectivity index (χ0n) is 13.3.